The van der Waals surface area contributed by atoms with E-state index >= 15 is 0 Å². The highest BCUT2D eigenvalue weighted by Gasteiger charge is 2.16. The van der Waals surface area contributed by atoms with Crippen LogP contribution in [0, 0.1) is 6.92 Å². The van der Waals surface area contributed by atoms with E-state index in [1.54, 1.807) is 18.2 Å². The molecule has 4 rings (SSSR count). The third kappa shape index (κ3) is 6.25. The molecule has 0 spiro atoms. The van der Waals surface area contributed by atoms with Gasteiger partial charge in [-0.15, -0.1) is 0 Å². The van der Waals surface area contributed by atoms with Crippen molar-refractivity contribution in [3.05, 3.63) is 94.6 Å². The highest BCUT2D eigenvalue weighted by molar-refractivity contribution is 6.08. The molecule has 3 aromatic rings. The van der Waals surface area contributed by atoms with Gasteiger partial charge >= 0.3 is 0 Å². The summed E-state index contributed by atoms with van der Waals surface area (Å²) >= 11 is 0. The Kier molecular flexibility index (Phi) is 7.44. The van der Waals surface area contributed by atoms with Crippen LogP contribution in [0.3, 0.4) is 0 Å². The van der Waals surface area contributed by atoms with Gasteiger partial charge in [0.15, 0.2) is 6.29 Å². The summed E-state index contributed by atoms with van der Waals surface area (Å²) in [7, 11) is 0. The normalized spacial score (nSPS) is 16.1. The van der Waals surface area contributed by atoms with Crippen LogP contribution < -0.4 is 5.48 Å². The number of hydroxylamine groups is 1. The van der Waals surface area contributed by atoms with Gasteiger partial charge in [0.25, 0.3) is 5.91 Å². The molecule has 0 aliphatic carbocycles. The number of carbonyl (C=O) groups is 2. The lowest BCUT2D eigenvalue weighted by atomic mass is 10.1. The van der Waals surface area contributed by atoms with Crippen LogP contribution in [-0.2, 0) is 20.8 Å². The minimum Gasteiger partial charge on any atom is -0.350 e. The second-order valence-electron chi connectivity index (χ2n) is 7.97. The summed E-state index contributed by atoms with van der Waals surface area (Å²) in [5, 5.41) is 0. The fourth-order valence-electron chi connectivity index (χ4n) is 3.63. The first kappa shape index (κ1) is 22.6. The van der Waals surface area contributed by atoms with Crippen LogP contribution in [0.4, 0.5) is 0 Å². The van der Waals surface area contributed by atoms with Crippen LogP contribution in [0.15, 0.2) is 60.7 Å². The number of aromatic nitrogens is 2. The summed E-state index contributed by atoms with van der Waals surface area (Å²) < 4.78 is 5.41. The van der Waals surface area contributed by atoms with E-state index in [0.717, 1.165) is 36.2 Å². The molecule has 1 atom stereocenters. The van der Waals surface area contributed by atoms with Gasteiger partial charge in [0.1, 0.15) is 11.5 Å². The van der Waals surface area contributed by atoms with Gasteiger partial charge in [-0.2, -0.15) is 0 Å². The number of rotatable bonds is 8. The SMILES string of the molecule is Cc1nc(Cc2ccc(/C=C/C(=O)NOC3CCCCO3)cc2)[nH]c1C(=O)c1ccccc1. The number of amides is 1. The van der Waals surface area contributed by atoms with Crippen LogP contribution in [0.2, 0.25) is 0 Å². The second-order valence-corrected chi connectivity index (χ2v) is 7.97. The number of aryl methyl sites for hydroxylation is 1. The molecule has 0 saturated carbocycles. The molecule has 1 aromatic heterocycles. The topological polar surface area (TPSA) is 93.3 Å². The molecule has 1 saturated heterocycles. The van der Waals surface area contributed by atoms with Crippen LogP contribution in [0.1, 0.15) is 58.0 Å². The summed E-state index contributed by atoms with van der Waals surface area (Å²) in [6, 6.07) is 17.0. The number of benzene rings is 2. The highest BCUT2D eigenvalue weighted by atomic mass is 16.8. The zero-order valence-electron chi connectivity index (χ0n) is 18.5. The van der Waals surface area contributed by atoms with Crippen LogP contribution in [-0.4, -0.2) is 34.6 Å². The van der Waals surface area contributed by atoms with Crippen molar-refractivity contribution in [2.75, 3.05) is 6.61 Å². The van der Waals surface area contributed by atoms with E-state index in [2.05, 4.69) is 15.4 Å². The number of ether oxygens (including phenoxy) is 1. The first-order valence-corrected chi connectivity index (χ1v) is 11.1. The molecule has 1 unspecified atom stereocenters. The lowest BCUT2D eigenvalue weighted by Gasteiger charge is -2.21. The van der Waals surface area contributed by atoms with Gasteiger partial charge in [0.2, 0.25) is 5.78 Å². The quantitative estimate of drug-likeness (QED) is 0.309. The van der Waals surface area contributed by atoms with Crippen LogP contribution >= 0.6 is 0 Å². The number of imidazole rings is 1. The van der Waals surface area contributed by atoms with Gasteiger partial charge in [-0.05, 0) is 37.0 Å². The minimum absolute atomic E-state index is 0.0651. The smallest absolute Gasteiger partial charge is 0.267 e. The summed E-state index contributed by atoms with van der Waals surface area (Å²) in [6.07, 6.45) is 6.18. The maximum Gasteiger partial charge on any atom is 0.267 e. The number of nitrogens with zero attached hydrogens (tertiary/aromatic N) is 1. The van der Waals surface area contributed by atoms with E-state index in [-0.39, 0.29) is 18.0 Å². The minimum atomic E-state index is -0.371. The summed E-state index contributed by atoms with van der Waals surface area (Å²) in [6.45, 7) is 2.49. The Morgan fingerprint density at radius 2 is 1.94 bits per heavy atom. The molecule has 1 amide bonds. The van der Waals surface area contributed by atoms with E-state index in [4.69, 9.17) is 9.57 Å². The molecule has 2 N–H and O–H groups in total. The second kappa shape index (κ2) is 10.8. The van der Waals surface area contributed by atoms with Gasteiger partial charge in [-0.25, -0.2) is 15.3 Å². The van der Waals surface area contributed by atoms with Crippen molar-refractivity contribution in [2.45, 2.75) is 38.9 Å². The van der Waals surface area contributed by atoms with Gasteiger partial charge in [0.05, 0.1) is 5.69 Å². The first-order chi connectivity index (χ1) is 16.1. The number of hydrogen-bond acceptors (Lipinski definition) is 5. The number of ketones is 1. The summed E-state index contributed by atoms with van der Waals surface area (Å²) in [5.74, 6) is 0.330. The van der Waals surface area contributed by atoms with Crippen molar-refractivity contribution in [2.24, 2.45) is 0 Å². The van der Waals surface area contributed by atoms with Crippen molar-refractivity contribution in [3.8, 4) is 0 Å². The van der Waals surface area contributed by atoms with Crippen molar-refractivity contribution < 1.29 is 19.2 Å². The molecule has 1 aliphatic rings. The maximum absolute atomic E-state index is 12.7. The summed E-state index contributed by atoms with van der Waals surface area (Å²) in [4.78, 5) is 37.6. The third-order valence-electron chi connectivity index (χ3n) is 5.40. The van der Waals surface area contributed by atoms with E-state index in [9.17, 15) is 9.59 Å². The van der Waals surface area contributed by atoms with Crippen LogP contribution in [0.5, 0.6) is 0 Å². The Hall–Kier alpha value is -3.55. The average Bonchev–Trinajstić information content (AvgIpc) is 3.22. The van der Waals surface area contributed by atoms with E-state index in [1.807, 2.05) is 49.4 Å². The molecule has 7 heteroatoms. The molecule has 1 fully saturated rings. The number of nitrogens with one attached hydrogen (secondary N) is 2. The first-order valence-electron chi connectivity index (χ1n) is 11.1. The predicted molar refractivity (Wildman–Crippen MR) is 124 cm³/mol. The van der Waals surface area contributed by atoms with Gasteiger partial charge in [-0.3, -0.25) is 9.59 Å². The highest BCUT2D eigenvalue weighted by Crippen LogP contribution is 2.16. The maximum atomic E-state index is 12.7. The molecule has 1 aliphatic heterocycles. The number of carbonyl (C=O) groups excluding carboxylic acids is 2. The monoisotopic (exact) mass is 445 g/mol. The van der Waals surface area contributed by atoms with Crippen molar-refractivity contribution >= 4 is 17.8 Å². The largest absolute Gasteiger partial charge is 0.350 e. The van der Waals surface area contributed by atoms with E-state index in [1.165, 1.54) is 6.08 Å². The van der Waals surface area contributed by atoms with Crippen molar-refractivity contribution in [1.29, 1.82) is 0 Å². The molecule has 33 heavy (non-hydrogen) atoms. The molecule has 2 heterocycles. The molecule has 0 bridgehead atoms. The van der Waals surface area contributed by atoms with E-state index < -0.39 is 0 Å². The Morgan fingerprint density at radius 3 is 2.67 bits per heavy atom. The fraction of sp³-hybridized carbons (Fsp3) is 0.269. The Morgan fingerprint density at radius 1 is 1.15 bits per heavy atom. The number of aromatic amines is 1. The van der Waals surface area contributed by atoms with Gasteiger partial charge < -0.3 is 9.72 Å². The Labute approximate surface area is 192 Å². The number of hydrogen-bond donors (Lipinski definition) is 2. The lowest BCUT2D eigenvalue weighted by molar-refractivity contribution is -0.198. The molecule has 7 nitrogen and oxygen atoms in total. The summed E-state index contributed by atoms with van der Waals surface area (Å²) in [5.41, 5.74) is 6.17. The van der Waals surface area contributed by atoms with Gasteiger partial charge in [-0.1, -0.05) is 54.6 Å². The van der Waals surface area contributed by atoms with Crippen molar-refractivity contribution in [3.63, 3.8) is 0 Å². The third-order valence-corrected chi connectivity index (χ3v) is 5.40. The van der Waals surface area contributed by atoms with Gasteiger partial charge in [0, 0.05) is 31.1 Å². The predicted octanol–water partition coefficient (Wildman–Crippen LogP) is 4.13. The van der Waals surface area contributed by atoms with E-state index in [0.29, 0.717) is 30.0 Å². The molecule has 2 aromatic carbocycles. The molecule has 170 valence electrons. The standard InChI is InChI=1S/C26H27N3O4/c1-18-25(26(31)21-7-3-2-4-8-21)28-22(27-18)17-20-12-10-19(11-13-20)14-15-23(30)29-33-24-9-5-6-16-32-24/h2-4,7-8,10-15,24H,5-6,9,16-17H2,1H3,(H,27,28)(H,29,30)/b15-14+. The Balaban J connectivity index is 1.32. The Bertz CT molecular complexity index is 1110. The molecular weight excluding hydrogens is 418 g/mol. The number of H-pyrrole nitrogens is 1. The average molecular weight is 446 g/mol. The molecular formula is C26H27N3O4. The van der Waals surface area contributed by atoms with Crippen molar-refractivity contribution in [1.82, 2.24) is 15.4 Å². The van der Waals surface area contributed by atoms with Crippen LogP contribution in [0.25, 0.3) is 6.08 Å². The fourth-order valence-corrected chi connectivity index (χ4v) is 3.63. The lowest BCUT2D eigenvalue weighted by Crippen LogP contribution is -2.32. The zero-order valence-corrected chi connectivity index (χ0v) is 18.5. The molecule has 0 radical (unpaired) electrons. The zero-order chi connectivity index (χ0) is 23.0.